The lowest BCUT2D eigenvalue weighted by atomic mass is 10.0. The van der Waals surface area contributed by atoms with Crippen LogP contribution in [0.25, 0.3) is 0 Å². The van der Waals surface area contributed by atoms with Crippen LogP contribution < -0.4 is 10.1 Å². The fraction of sp³-hybridized carbons (Fsp3) is 0.562. The van der Waals surface area contributed by atoms with Crippen LogP contribution in [-0.4, -0.2) is 43.1 Å². The predicted octanol–water partition coefficient (Wildman–Crippen LogP) is 2.30. The highest BCUT2D eigenvalue weighted by Crippen LogP contribution is 2.17. The fourth-order valence-corrected chi connectivity index (χ4v) is 2.66. The molecule has 0 radical (unpaired) electrons. The van der Waals surface area contributed by atoms with Gasteiger partial charge in [-0.25, -0.2) is 0 Å². The van der Waals surface area contributed by atoms with Crippen LogP contribution >= 0.6 is 0 Å². The summed E-state index contributed by atoms with van der Waals surface area (Å²) in [6.45, 7) is 5.96. The van der Waals surface area contributed by atoms with Gasteiger partial charge in [-0.1, -0.05) is 19.9 Å². The Hall–Kier alpha value is -1.55. The minimum atomic E-state index is 0.104. The topological polar surface area (TPSA) is 41.6 Å². The number of hydrogen-bond donors (Lipinski definition) is 1. The average Bonchev–Trinajstić information content (AvgIpc) is 2.47. The van der Waals surface area contributed by atoms with E-state index in [1.807, 2.05) is 23.1 Å². The second-order valence-corrected chi connectivity index (χ2v) is 5.62. The first kappa shape index (κ1) is 14.9. The molecule has 4 heteroatoms. The standard InChI is InChI=1S/C16H24N2O2/c1-12(2)17-14-7-9-18(10-8-14)16(19)13-5-4-6-15(11-13)20-3/h4-6,11-12,14,17H,7-10H2,1-3H3. The van der Waals surface area contributed by atoms with Crippen LogP contribution in [-0.2, 0) is 0 Å². The molecule has 1 aromatic rings. The quantitative estimate of drug-likeness (QED) is 0.917. The van der Waals surface area contributed by atoms with Gasteiger partial charge in [0.2, 0.25) is 0 Å². The lowest BCUT2D eigenvalue weighted by Crippen LogP contribution is -2.46. The van der Waals surface area contributed by atoms with Gasteiger partial charge in [-0.2, -0.15) is 0 Å². The van der Waals surface area contributed by atoms with Crippen LogP contribution in [0.15, 0.2) is 24.3 Å². The van der Waals surface area contributed by atoms with Crippen molar-refractivity contribution < 1.29 is 9.53 Å². The molecule has 0 unspecified atom stereocenters. The van der Waals surface area contributed by atoms with Gasteiger partial charge in [0.05, 0.1) is 7.11 Å². The van der Waals surface area contributed by atoms with Gasteiger partial charge in [0.1, 0.15) is 5.75 Å². The summed E-state index contributed by atoms with van der Waals surface area (Å²) >= 11 is 0. The van der Waals surface area contributed by atoms with Crippen molar-refractivity contribution in [3.05, 3.63) is 29.8 Å². The van der Waals surface area contributed by atoms with Crippen LogP contribution in [0.1, 0.15) is 37.0 Å². The van der Waals surface area contributed by atoms with Gasteiger partial charge in [-0.05, 0) is 31.0 Å². The Morgan fingerprint density at radius 2 is 2.05 bits per heavy atom. The largest absolute Gasteiger partial charge is 0.497 e. The molecule has 1 aliphatic rings. The van der Waals surface area contributed by atoms with E-state index >= 15 is 0 Å². The number of carbonyl (C=O) groups is 1. The van der Waals surface area contributed by atoms with Gasteiger partial charge >= 0.3 is 0 Å². The number of nitrogens with zero attached hydrogens (tertiary/aromatic N) is 1. The summed E-state index contributed by atoms with van der Waals surface area (Å²) in [5, 5.41) is 3.54. The Balaban J connectivity index is 1.94. The first-order valence-electron chi connectivity index (χ1n) is 7.29. The molecule has 1 amide bonds. The van der Waals surface area contributed by atoms with Gasteiger partial charge in [0.15, 0.2) is 0 Å². The highest BCUT2D eigenvalue weighted by Gasteiger charge is 2.23. The molecule has 1 saturated heterocycles. The molecule has 0 atom stereocenters. The number of ether oxygens (including phenoxy) is 1. The lowest BCUT2D eigenvalue weighted by Gasteiger charge is -2.33. The van der Waals surface area contributed by atoms with Crippen molar-refractivity contribution in [3.8, 4) is 5.75 Å². The van der Waals surface area contributed by atoms with E-state index in [-0.39, 0.29) is 5.91 Å². The van der Waals surface area contributed by atoms with E-state index in [0.717, 1.165) is 31.7 Å². The molecule has 110 valence electrons. The number of nitrogens with one attached hydrogen (secondary N) is 1. The van der Waals surface area contributed by atoms with E-state index in [1.165, 1.54) is 0 Å². The van der Waals surface area contributed by atoms with E-state index in [1.54, 1.807) is 13.2 Å². The van der Waals surface area contributed by atoms with Crippen molar-refractivity contribution in [2.45, 2.75) is 38.8 Å². The second kappa shape index (κ2) is 6.75. The van der Waals surface area contributed by atoms with Crippen LogP contribution in [0, 0.1) is 0 Å². The molecular formula is C16H24N2O2. The maximum atomic E-state index is 12.4. The predicted molar refractivity (Wildman–Crippen MR) is 80.2 cm³/mol. The molecule has 0 saturated carbocycles. The van der Waals surface area contributed by atoms with Gasteiger partial charge in [0, 0.05) is 30.7 Å². The molecule has 2 rings (SSSR count). The zero-order valence-corrected chi connectivity index (χ0v) is 12.6. The van der Waals surface area contributed by atoms with Crippen molar-refractivity contribution >= 4 is 5.91 Å². The molecule has 20 heavy (non-hydrogen) atoms. The maximum absolute atomic E-state index is 12.4. The number of methoxy groups -OCH3 is 1. The average molecular weight is 276 g/mol. The maximum Gasteiger partial charge on any atom is 0.253 e. The molecular weight excluding hydrogens is 252 g/mol. The van der Waals surface area contributed by atoms with Crippen LogP contribution in [0.4, 0.5) is 0 Å². The Morgan fingerprint density at radius 1 is 1.35 bits per heavy atom. The highest BCUT2D eigenvalue weighted by atomic mass is 16.5. The van der Waals surface area contributed by atoms with E-state index in [9.17, 15) is 4.79 Å². The molecule has 1 heterocycles. The molecule has 0 bridgehead atoms. The van der Waals surface area contributed by atoms with Crippen molar-refractivity contribution in [1.29, 1.82) is 0 Å². The normalized spacial score (nSPS) is 16.5. The second-order valence-electron chi connectivity index (χ2n) is 5.62. The third-order valence-electron chi connectivity index (χ3n) is 3.67. The first-order valence-corrected chi connectivity index (χ1v) is 7.29. The van der Waals surface area contributed by atoms with Crippen molar-refractivity contribution in [3.63, 3.8) is 0 Å². The van der Waals surface area contributed by atoms with Gasteiger partial charge in [-0.15, -0.1) is 0 Å². The zero-order valence-electron chi connectivity index (χ0n) is 12.6. The summed E-state index contributed by atoms with van der Waals surface area (Å²) in [5.41, 5.74) is 0.708. The number of carbonyl (C=O) groups excluding carboxylic acids is 1. The molecule has 1 aliphatic heterocycles. The molecule has 1 N–H and O–H groups in total. The number of amides is 1. The molecule has 0 aliphatic carbocycles. The summed E-state index contributed by atoms with van der Waals surface area (Å²) in [6, 6.07) is 8.41. The van der Waals surface area contributed by atoms with E-state index in [2.05, 4.69) is 19.2 Å². The smallest absolute Gasteiger partial charge is 0.253 e. The minimum Gasteiger partial charge on any atom is -0.497 e. The summed E-state index contributed by atoms with van der Waals surface area (Å²) in [6.07, 6.45) is 2.04. The van der Waals surface area contributed by atoms with Crippen LogP contribution in [0.3, 0.4) is 0 Å². The minimum absolute atomic E-state index is 0.104. The zero-order chi connectivity index (χ0) is 14.5. The number of rotatable bonds is 4. The Morgan fingerprint density at radius 3 is 2.65 bits per heavy atom. The van der Waals surface area contributed by atoms with Gasteiger partial charge in [-0.3, -0.25) is 4.79 Å². The fourth-order valence-electron chi connectivity index (χ4n) is 2.66. The van der Waals surface area contributed by atoms with Crippen LogP contribution in [0.2, 0.25) is 0 Å². The third-order valence-corrected chi connectivity index (χ3v) is 3.67. The monoisotopic (exact) mass is 276 g/mol. The molecule has 1 fully saturated rings. The molecule has 1 aromatic carbocycles. The number of likely N-dealkylation sites (tertiary alicyclic amines) is 1. The van der Waals surface area contributed by atoms with E-state index in [0.29, 0.717) is 17.6 Å². The number of benzene rings is 1. The van der Waals surface area contributed by atoms with Crippen LogP contribution in [0.5, 0.6) is 5.75 Å². The summed E-state index contributed by atoms with van der Waals surface area (Å²) < 4.78 is 5.17. The Labute approximate surface area is 121 Å². The van der Waals surface area contributed by atoms with Crippen molar-refractivity contribution in [2.75, 3.05) is 20.2 Å². The SMILES string of the molecule is COc1cccc(C(=O)N2CCC(NC(C)C)CC2)c1. The molecule has 0 spiro atoms. The highest BCUT2D eigenvalue weighted by molar-refractivity contribution is 5.94. The summed E-state index contributed by atoms with van der Waals surface area (Å²) in [5.74, 6) is 0.833. The lowest BCUT2D eigenvalue weighted by molar-refractivity contribution is 0.0703. The Kier molecular flexibility index (Phi) is 5.01. The first-order chi connectivity index (χ1) is 9.60. The van der Waals surface area contributed by atoms with E-state index in [4.69, 9.17) is 4.74 Å². The van der Waals surface area contributed by atoms with Gasteiger partial charge < -0.3 is 15.0 Å². The number of piperidine rings is 1. The van der Waals surface area contributed by atoms with Crippen molar-refractivity contribution in [1.82, 2.24) is 10.2 Å². The molecule has 4 nitrogen and oxygen atoms in total. The third kappa shape index (κ3) is 3.73. The Bertz CT molecular complexity index is 452. The molecule has 0 aromatic heterocycles. The van der Waals surface area contributed by atoms with Crippen molar-refractivity contribution in [2.24, 2.45) is 0 Å². The van der Waals surface area contributed by atoms with E-state index < -0.39 is 0 Å². The summed E-state index contributed by atoms with van der Waals surface area (Å²) in [4.78, 5) is 14.4. The van der Waals surface area contributed by atoms with Gasteiger partial charge in [0.25, 0.3) is 5.91 Å². The number of hydrogen-bond acceptors (Lipinski definition) is 3. The summed E-state index contributed by atoms with van der Waals surface area (Å²) in [7, 11) is 1.62.